The molecule has 5 aliphatic rings. The molecule has 0 aromatic carbocycles. The minimum Gasteiger partial charge on any atom is -0.473 e. The van der Waals surface area contributed by atoms with Gasteiger partial charge in [-0.15, -0.1) is 0 Å². The molecule has 9 atom stereocenters. The number of hydrogen-bond donors (Lipinski definition) is 0. The number of fused-ring (bicyclic) bond motifs is 5. The molecule has 1 unspecified atom stereocenters. The molecule has 3 aliphatic carbocycles. The van der Waals surface area contributed by atoms with E-state index in [0.29, 0.717) is 23.9 Å². The Bertz CT molecular complexity index is 932. The fraction of sp³-hybridized carbons (Fsp3) is 0.935. The number of rotatable bonds is 4. The van der Waals surface area contributed by atoms with Crippen LogP contribution in [0.1, 0.15) is 93.9 Å². The normalized spacial score (nSPS) is 45.7. The molecule has 0 aromatic heterocycles. The largest absolute Gasteiger partial charge is 0.473 e. The van der Waals surface area contributed by atoms with Crippen LogP contribution in [0.5, 0.6) is 0 Å². The molecule has 3 saturated carbocycles. The van der Waals surface area contributed by atoms with E-state index >= 15 is 0 Å². The van der Waals surface area contributed by atoms with Gasteiger partial charge in [-0.1, -0.05) is 55.4 Å². The number of hydrogen-bond acceptors (Lipinski definition) is 4. The van der Waals surface area contributed by atoms with Gasteiger partial charge in [0, 0.05) is 11.8 Å². The Morgan fingerprint density at radius 3 is 2.00 bits per heavy atom. The zero-order chi connectivity index (χ0) is 27.4. The molecule has 1 saturated heterocycles. The monoisotopic (exact) mass is 548 g/mol. The van der Waals surface area contributed by atoms with E-state index in [1.54, 1.807) is 0 Å². The van der Waals surface area contributed by atoms with Gasteiger partial charge < -0.3 is 18.3 Å². The van der Waals surface area contributed by atoms with Crippen LogP contribution < -0.4 is 0 Å². The summed E-state index contributed by atoms with van der Waals surface area (Å²) in [5.41, 5.74) is -0.0593. The van der Waals surface area contributed by atoms with Crippen LogP contribution in [0.3, 0.4) is 0 Å². The summed E-state index contributed by atoms with van der Waals surface area (Å²) in [6.45, 7) is 29.0. The predicted octanol–water partition coefficient (Wildman–Crippen LogP) is 8.65. The highest BCUT2D eigenvalue weighted by atomic mass is 28.4. The average Bonchev–Trinajstić information content (AvgIpc) is 3.17. The average molecular weight is 549 g/mol. The van der Waals surface area contributed by atoms with E-state index in [-0.39, 0.29) is 38.9 Å². The molecule has 5 rings (SSSR count). The van der Waals surface area contributed by atoms with E-state index in [2.05, 4.69) is 87.7 Å². The van der Waals surface area contributed by atoms with Gasteiger partial charge >= 0.3 is 0 Å². The molecule has 0 aromatic rings. The molecule has 4 fully saturated rings. The van der Waals surface area contributed by atoms with Gasteiger partial charge in [-0.05, 0) is 97.6 Å². The molecular weight excluding hydrogens is 493 g/mol. The van der Waals surface area contributed by atoms with Gasteiger partial charge in [0.1, 0.15) is 5.60 Å². The van der Waals surface area contributed by atoms with Crippen LogP contribution in [0.25, 0.3) is 0 Å². The third kappa shape index (κ3) is 4.04. The van der Waals surface area contributed by atoms with Gasteiger partial charge in [-0.25, -0.2) is 0 Å². The lowest BCUT2D eigenvalue weighted by atomic mass is 9.45. The van der Waals surface area contributed by atoms with Crippen LogP contribution in [-0.2, 0) is 18.3 Å². The first-order chi connectivity index (χ1) is 16.8. The summed E-state index contributed by atoms with van der Waals surface area (Å²) in [4.78, 5) is 0. The van der Waals surface area contributed by atoms with Crippen molar-refractivity contribution in [2.75, 3.05) is 0 Å². The fourth-order valence-electron chi connectivity index (χ4n) is 8.60. The maximum atomic E-state index is 7.36. The molecule has 1 spiro atoms. The molecular formula is C31H56O4Si2. The Balaban J connectivity index is 1.49. The van der Waals surface area contributed by atoms with Gasteiger partial charge in [0.15, 0.2) is 16.6 Å². The maximum absolute atomic E-state index is 7.36. The molecule has 2 aliphatic heterocycles. The van der Waals surface area contributed by atoms with Gasteiger partial charge in [0.05, 0.1) is 18.5 Å². The van der Waals surface area contributed by atoms with E-state index in [0.717, 1.165) is 12.8 Å². The van der Waals surface area contributed by atoms with Crippen molar-refractivity contribution < 1.29 is 18.3 Å². The van der Waals surface area contributed by atoms with Crippen LogP contribution in [-0.4, -0.2) is 40.7 Å². The second-order valence-corrected chi connectivity index (χ2v) is 26.4. The Kier molecular flexibility index (Phi) is 6.47. The summed E-state index contributed by atoms with van der Waals surface area (Å²) in [6.07, 6.45) is 11.7. The lowest BCUT2D eigenvalue weighted by molar-refractivity contribution is -0.227. The molecule has 2 heterocycles. The van der Waals surface area contributed by atoms with E-state index in [1.165, 1.54) is 25.7 Å². The summed E-state index contributed by atoms with van der Waals surface area (Å²) < 4.78 is 27.4. The second kappa shape index (κ2) is 8.44. The zero-order valence-electron chi connectivity index (χ0n) is 26.0. The van der Waals surface area contributed by atoms with Crippen molar-refractivity contribution in [2.24, 2.45) is 28.6 Å². The summed E-state index contributed by atoms with van der Waals surface area (Å²) in [5, 5.41) is 0.413. The molecule has 0 amide bonds. The molecule has 212 valence electrons. The minimum atomic E-state index is -2.00. The second-order valence-electron chi connectivity index (χ2n) is 16.9. The van der Waals surface area contributed by atoms with Gasteiger partial charge in [0.25, 0.3) is 0 Å². The van der Waals surface area contributed by atoms with Gasteiger partial charge in [-0.2, -0.15) is 0 Å². The Morgan fingerprint density at radius 1 is 0.811 bits per heavy atom. The van der Waals surface area contributed by atoms with Crippen molar-refractivity contribution >= 4 is 16.6 Å². The van der Waals surface area contributed by atoms with E-state index in [4.69, 9.17) is 18.3 Å². The van der Waals surface area contributed by atoms with Gasteiger partial charge in [-0.3, -0.25) is 0 Å². The highest BCUT2D eigenvalue weighted by molar-refractivity contribution is 6.74. The number of ether oxygens (including phenoxy) is 2. The molecule has 4 nitrogen and oxygen atoms in total. The van der Waals surface area contributed by atoms with Crippen molar-refractivity contribution in [3.8, 4) is 0 Å². The van der Waals surface area contributed by atoms with Gasteiger partial charge in [0.2, 0.25) is 6.29 Å². The van der Waals surface area contributed by atoms with E-state index in [1.807, 2.05) is 6.26 Å². The van der Waals surface area contributed by atoms with Crippen LogP contribution in [0.2, 0.25) is 36.3 Å². The van der Waals surface area contributed by atoms with Crippen molar-refractivity contribution in [1.29, 1.82) is 0 Å². The molecule has 2 bridgehead atoms. The summed E-state index contributed by atoms with van der Waals surface area (Å²) in [5.74, 6) is 2.01. The van der Waals surface area contributed by atoms with Crippen molar-refractivity contribution in [2.45, 2.75) is 154 Å². The van der Waals surface area contributed by atoms with E-state index in [9.17, 15) is 0 Å². The Hall–Kier alpha value is -0.146. The standard InChI is InChI=1S/C31H56O4Si2/c1-27(2,3)36(9,10)34-24-14-13-22-21-19-25(35-37(11,12)28(4,5)6)31-17-18-32-26(33-31)20-30(31,8)23(21)15-16-29(22,24)7/h17-18,21-26H,13-16,19-20H2,1-12H3/t21-,22-,23-,24-,25+,26+,29-,30+,31?/m0/s1. The first-order valence-corrected chi connectivity index (χ1v) is 21.0. The van der Waals surface area contributed by atoms with E-state index < -0.39 is 16.6 Å². The van der Waals surface area contributed by atoms with Crippen molar-refractivity contribution in [1.82, 2.24) is 0 Å². The lowest BCUT2D eigenvalue weighted by Crippen LogP contribution is -2.66. The van der Waals surface area contributed by atoms with Crippen molar-refractivity contribution in [3.05, 3.63) is 12.3 Å². The third-order valence-corrected chi connectivity index (χ3v) is 21.9. The van der Waals surface area contributed by atoms with Crippen LogP contribution in [0.15, 0.2) is 12.3 Å². The van der Waals surface area contributed by atoms with Crippen LogP contribution in [0, 0.1) is 28.6 Å². The fourth-order valence-corrected chi connectivity index (χ4v) is 11.4. The molecule has 0 radical (unpaired) electrons. The Labute approximate surface area is 229 Å². The summed E-state index contributed by atoms with van der Waals surface area (Å²) >= 11 is 0. The van der Waals surface area contributed by atoms with Crippen molar-refractivity contribution in [3.63, 3.8) is 0 Å². The highest BCUT2D eigenvalue weighted by Crippen LogP contribution is 2.70. The maximum Gasteiger partial charge on any atom is 0.200 e. The lowest BCUT2D eigenvalue weighted by Gasteiger charge is -2.63. The minimum absolute atomic E-state index is 0.0420. The first kappa shape index (κ1) is 28.4. The highest BCUT2D eigenvalue weighted by Gasteiger charge is 2.72. The van der Waals surface area contributed by atoms with Crippen LogP contribution >= 0.6 is 0 Å². The quantitative estimate of drug-likeness (QED) is 0.329. The molecule has 0 N–H and O–H groups in total. The summed E-state index contributed by atoms with van der Waals surface area (Å²) in [7, 11) is -3.82. The SMILES string of the molecule is CC(C)(C)[Si](C)(C)O[C@H]1CC[C@H]2[C@@H]3C[C@@H](O[Si](C)(C)C(C)(C)C)C45C=CO[C@@H](C[C@]4(C)[C@H]3CC[C@]12C)O5. The smallest absolute Gasteiger partial charge is 0.200 e. The summed E-state index contributed by atoms with van der Waals surface area (Å²) in [6, 6.07) is 0. The third-order valence-electron chi connectivity index (χ3n) is 13.0. The van der Waals surface area contributed by atoms with Crippen LogP contribution in [0.4, 0.5) is 0 Å². The zero-order valence-corrected chi connectivity index (χ0v) is 28.0. The topological polar surface area (TPSA) is 36.9 Å². The Morgan fingerprint density at radius 2 is 1.41 bits per heavy atom. The molecule has 6 heteroatoms. The first-order valence-electron chi connectivity index (χ1n) is 15.1. The predicted molar refractivity (Wildman–Crippen MR) is 156 cm³/mol. The molecule has 37 heavy (non-hydrogen) atoms.